The molecule has 0 aromatic heterocycles. The zero-order chi connectivity index (χ0) is 26.9. The summed E-state index contributed by atoms with van der Waals surface area (Å²) in [6.45, 7) is 0. The normalized spacial score (nSPS) is 10.5. The molecule has 0 aliphatic heterocycles. The second-order valence-electron chi connectivity index (χ2n) is 7.02. The van der Waals surface area contributed by atoms with Crippen molar-refractivity contribution in [2.45, 2.75) is 0 Å². The average Bonchev–Trinajstić information content (AvgIpc) is 2.82. The van der Waals surface area contributed by atoms with Gasteiger partial charge in [0.25, 0.3) is 0 Å². The molecule has 0 spiro atoms. The van der Waals surface area contributed by atoms with Gasteiger partial charge in [-0.2, -0.15) is 0 Å². The van der Waals surface area contributed by atoms with Gasteiger partial charge >= 0.3 is 0 Å². The number of rotatable bonds is 2. The van der Waals surface area contributed by atoms with Crippen molar-refractivity contribution in [3.63, 3.8) is 0 Å². The predicted molar refractivity (Wildman–Crippen MR) is 200 cm³/mol. The van der Waals surface area contributed by atoms with Crippen molar-refractivity contribution in [1.82, 2.24) is 0 Å². The maximum Gasteiger partial charge on any atom is 0.0459 e. The van der Waals surface area contributed by atoms with E-state index in [-0.39, 0.29) is 5.48 Å². The quantitative estimate of drug-likeness (QED) is 0.179. The van der Waals surface area contributed by atoms with E-state index >= 15 is 0 Å². The van der Waals surface area contributed by atoms with Gasteiger partial charge in [0.05, 0.1) is 0 Å². The highest BCUT2D eigenvalue weighted by molar-refractivity contribution is 9.15. The van der Waals surface area contributed by atoms with Crippen LogP contribution in [0.25, 0.3) is 22.3 Å². The standard InChI is InChI=1S/2C12H4Br6.H2O/c2*13-7-1-5(2-8(14)11(7)17)6-3-9(15)12(18)10(16)4-6;/h2*1-4H;1H2. The molecule has 0 fully saturated rings. The Labute approximate surface area is 315 Å². The first-order valence-electron chi connectivity index (χ1n) is 9.39. The van der Waals surface area contributed by atoms with Crippen LogP contribution < -0.4 is 0 Å². The Morgan fingerprint density at radius 3 is 0.459 bits per heavy atom. The highest BCUT2D eigenvalue weighted by atomic mass is 79.9. The van der Waals surface area contributed by atoms with Crippen LogP contribution in [0.15, 0.2) is 102 Å². The van der Waals surface area contributed by atoms with Crippen molar-refractivity contribution < 1.29 is 5.48 Å². The average molecular weight is 1270 g/mol. The summed E-state index contributed by atoms with van der Waals surface area (Å²) in [5.41, 5.74) is 4.52. The Hall–Kier alpha value is 2.60. The lowest BCUT2D eigenvalue weighted by molar-refractivity contribution is 0.824. The second-order valence-corrected chi connectivity index (χ2v) is 17.0. The van der Waals surface area contributed by atoms with Crippen LogP contribution in [0.2, 0.25) is 0 Å². The summed E-state index contributed by atoms with van der Waals surface area (Å²) in [7, 11) is 0. The summed E-state index contributed by atoms with van der Waals surface area (Å²) >= 11 is 42.3. The molecule has 4 aromatic rings. The van der Waals surface area contributed by atoms with Crippen molar-refractivity contribution in [3.05, 3.63) is 102 Å². The SMILES string of the molecule is Brc1cc(-c2cc(Br)c(Br)c(Br)c2)cc(Br)c1Br.Brc1cc(-c2cc(Br)c(Br)c(Br)c2)cc(Br)c1Br.O. The Morgan fingerprint density at radius 1 is 0.243 bits per heavy atom. The molecule has 0 bridgehead atoms. The van der Waals surface area contributed by atoms with Crippen molar-refractivity contribution >= 4 is 191 Å². The van der Waals surface area contributed by atoms with Gasteiger partial charge in [0.15, 0.2) is 0 Å². The van der Waals surface area contributed by atoms with Crippen LogP contribution in [-0.4, -0.2) is 5.48 Å². The molecule has 2 N–H and O–H groups in total. The van der Waals surface area contributed by atoms with Gasteiger partial charge in [0.2, 0.25) is 0 Å². The molecule has 0 unspecified atom stereocenters. The number of benzene rings is 4. The van der Waals surface area contributed by atoms with Crippen LogP contribution in [0.1, 0.15) is 0 Å². The number of halogens is 12. The van der Waals surface area contributed by atoms with Gasteiger partial charge in [-0.3, -0.25) is 0 Å². The summed E-state index contributed by atoms with van der Waals surface area (Å²) in [5, 5.41) is 0. The minimum atomic E-state index is 0. The molecule has 0 aliphatic rings. The molecule has 4 rings (SSSR count). The van der Waals surface area contributed by atoms with Crippen LogP contribution in [-0.2, 0) is 0 Å². The van der Waals surface area contributed by atoms with E-state index in [2.05, 4.69) is 240 Å². The van der Waals surface area contributed by atoms with Gasteiger partial charge < -0.3 is 5.48 Å². The molecule has 0 radical (unpaired) electrons. The third kappa shape index (κ3) is 9.29. The molecule has 0 amide bonds. The predicted octanol–water partition coefficient (Wildman–Crippen LogP) is 15.0. The van der Waals surface area contributed by atoms with E-state index in [4.69, 9.17) is 0 Å². The first kappa shape index (κ1) is 35.8. The summed E-state index contributed by atoms with van der Waals surface area (Å²) in [6.07, 6.45) is 0. The van der Waals surface area contributed by atoms with Crippen LogP contribution >= 0.6 is 191 Å². The molecule has 0 atom stereocenters. The Balaban J connectivity index is 0.000000253. The van der Waals surface area contributed by atoms with Gasteiger partial charge in [0.1, 0.15) is 0 Å². The third-order valence-corrected chi connectivity index (χ3v) is 17.3. The fourth-order valence-electron chi connectivity index (χ4n) is 2.89. The van der Waals surface area contributed by atoms with Crippen molar-refractivity contribution in [1.29, 1.82) is 0 Å². The smallest absolute Gasteiger partial charge is 0.0459 e. The van der Waals surface area contributed by atoms with Gasteiger partial charge in [0, 0.05) is 53.7 Å². The van der Waals surface area contributed by atoms with Gasteiger partial charge in [-0.15, -0.1) is 0 Å². The molecular formula is C24H10Br12O. The van der Waals surface area contributed by atoms with Crippen LogP contribution in [0.5, 0.6) is 0 Å². The molecule has 1 nitrogen and oxygen atoms in total. The lowest BCUT2D eigenvalue weighted by Crippen LogP contribution is -1.83. The summed E-state index contributed by atoms with van der Waals surface area (Å²) < 4.78 is 12.2. The highest BCUT2D eigenvalue weighted by Gasteiger charge is 2.11. The largest absolute Gasteiger partial charge is 0.412 e. The first-order chi connectivity index (χ1) is 16.8. The molecule has 13 heteroatoms. The van der Waals surface area contributed by atoms with Gasteiger partial charge in [-0.1, -0.05) is 0 Å². The van der Waals surface area contributed by atoms with Gasteiger partial charge in [-0.05, 0) is 262 Å². The van der Waals surface area contributed by atoms with E-state index in [1.807, 2.05) is 0 Å². The zero-order valence-electron chi connectivity index (χ0n) is 17.7. The third-order valence-electron chi connectivity index (χ3n) is 4.60. The molecule has 0 heterocycles. The fourth-order valence-corrected chi connectivity index (χ4v) is 8.55. The molecule has 0 saturated carbocycles. The first-order valence-corrected chi connectivity index (χ1v) is 18.9. The minimum absolute atomic E-state index is 0. The van der Waals surface area contributed by atoms with Gasteiger partial charge in [-0.25, -0.2) is 0 Å². The second kappa shape index (κ2) is 15.9. The minimum Gasteiger partial charge on any atom is -0.412 e. The molecule has 0 aliphatic carbocycles. The van der Waals surface area contributed by atoms with Crippen LogP contribution in [0.4, 0.5) is 0 Å². The van der Waals surface area contributed by atoms with Crippen molar-refractivity contribution in [3.8, 4) is 22.3 Å². The summed E-state index contributed by atoms with van der Waals surface area (Å²) in [6, 6.07) is 16.6. The van der Waals surface area contributed by atoms with E-state index in [9.17, 15) is 0 Å². The maximum atomic E-state index is 3.54. The lowest BCUT2D eigenvalue weighted by atomic mass is 10.1. The summed E-state index contributed by atoms with van der Waals surface area (Å²) in [5.74, 6) is 0. The fraction of sp³-hybridized carbons (Fsp3) is 0. The van der Waals surface area contributed by atoms with Crippen LogP contribution in [0.3, 0.4) is 0 Å². The van der Waals surface area contributed by atoms with E-state index in [1.165, 1.54) is 0 Å². The van der Waals surface area contributed by atoms with E-state index in [1.54, 1.807) is 0 Å². The summed E-state index contributed by atoms with van der Waals surface area (Å²) in [4.78, 5) is 0. The maximum absolute atomic E-state index is 3.54. The Morgan fingerprint density at radius 2 is 0.351 bits per heavy atom. The molecule has 196 valence electrons. The monoisotopic (exact) mass is 1260 g/mol. The molecule has 37 heavy (non-hydrogen) atoms. The van der Waals surface area contributed by atoms with E-state index in [0.29, 0.717) is 0 Å². The number of hydrogen-bond donors (Lipinski definition) is 0. The molecular weight excluding hydrogens is 1260 g/mol. The number of hydrogen-bond acceptors (Lipinski definition) is 0. The van der Waals surface area contributed by atoms with Crippen molar-refractivity contribution in [2.75, 3.05) is 0 Å². The van der Waals surface area contributed by atoms with E-state index in [0.717, 1.165) is 75.9 Å². The zero-order valence-corrected chi connectivity index (χ0v) is 36.7. The highest BCUT2D eigenvalue weighted by Crippen LogP contribution is 2.41. The Kier molecular flexibility index (Phi) is 15.4. The lowest BCUT2D eigenvalue weighted by Gasteiger charge is -2.09. The topological polar surface area (TPSA) is 31.5 Å². The Bertz CT molecular complexity index is 1150. The molecule has 4 aromatic carbocycles. The van der Waals surface area contributed by atoms with E-state index < -0.39 is 0 Å². The molecule has 0 saturated heterocycles. The van der Waals surface area contributed by atoms with Crippen molar-refractivity contribution in [2.24, 2.45) is 0 Å². The van der Waals surface area contributed by atoms with Crippen LogP contribution in [0, 0.1) is 0 Å².